The molecule has 1 aliphatic heterocycles. The zero-order valence-electron chi connectivity index (χ0n) is 19.9. The minimum atomic E-state index is -0.378. The molecule has 0 aromatic heterocycles. The molecule has 2 aromatic carbocycles. The summed E-state index contributed by atoms with van der Waals surface area (Å²) < 4.78 is 6.41. The molecule has 1 heterocycles. The van der Waals surface area contributed by atoms with Crippen molar-refractivity contribution in [3.8, 4) is 5.75 Å². The number of Topliss-reactive ketones (excluding diaryl/α,β-unsaturated/α-hetero) is 2. The molecular weight excluding hydrogens is 544 g/mol. The summed E-state index contributed by atoms with van der Waals surface area (Å²) in [6.07, 6.45) is 4.26. The SMILES string of the molecule is Cc1ccc(NC(=O)COc2ccc(C3C4=C(CCCC4=O)NC4=C3C(=O)CCC4)cc2Br)cc1Cl. The maximum absolute atomic E-state index is 13.0. The van der Waals surface area contributed by atoms with Crippen molar-refractivity contribution in [2.45, 2.75) is 51.4 Å². The van der Waals surface area contributed by atoms with Crippen LogP contribution in [0, 0.1) is 6.92 Å². The molecule has 0 bridgehead atoms. The van der Waals surface area contributed by atoms with Crippen LogP contribution < -0.4 is 15.4 Å². The lowest BCUT2D eigenvalue weighted by atomic mass is 9.71. The fourth-order valence-corrected chi connectivity index (χ4v) is 5.83. The summed E-state index contributed by atoms with van der Waals surface area (Å²) in [5, 5.41) is 6.79. The van der Waals surface area contributed by atoms with E-state index in [0.29, 0.717) is 44.9 Å². The van der Waals surface area contributed by atoms with Gasteiger partial charge in [-0.3, -0.25) is 14.4 Å². The first-order valence-electron chi connectivity index (χ1n) is 12.1. The number of allylic oxidation sites excluding steroid dienone is 4. The number of aryl methyl sites for hydroxylation is 1. The van der Waals surface area contributed by atoms with Crippen molar-refractivity contribution in [3.63, 3.8) is 0 Å². The summed E-state index contributed by atoms with van der Waals surface area (Å²) in [6.45, 7) is 1.71. The summed E-state index contributed by atoms with van der Waals surface area (Å²) in [7, 11) is 0. The first-order chi connectivity index (χ1) is 17.3. The third-order valence-corrected chi connectivity index (χ3v) is 7.92. The van der Waals surface area contributed by atoms with E-state index in [1.54, 1.807) is 18.2 Å². The third kappa shape index (κ3) is 4.87. The van der Waals surface area contributed by atoms with Gasteiger partial charge in [-0.05, 0) is 83.9 Å². The lowest BCUT2D eigenvalue weighted by Crippen LogP contribution is -2.36. The number of carbonyl (C=O) groups excluding carboxylic acids is 3. The molecule has 0 spiro atoms. The van der Waals surface area contributed by atoms with Crippen LogP contribution in [0.1, 0.15) is 55.6 Å². The van der Waals surface area contributed by atoms with Crippen molar-refractivity contribution < 1.29 is 19.1 Å². The van der Waals surface area contributed by atoms with E-state index < -0.39 is 0 Å². The number of hydrogen-bond acceptors (Lipinski definition) is 5. The summed E-state index contributed by atoms with van der Waals surface area (Å²) in [5.74, 6) is 0.00959. The first kappa shape index (κ1) is 24.8. The monoisotopic (exact) mass is 568 g/mol. The van der Waals surface area contributed by atoms with E-state index in [1.165, 1.54) is 0 Å². The molecule has 2 aromatic rings. The van der Waals surface area contributed by atoms with Gasteiger partial charge in [0.05, 0.1) is 4.47 Å². The molecule has 0 saturated heterocycles. The number of dihydropyridines is 1. The normalized spacial score (nSPS) is 18.0. The fourth-order valence-electron chi connectivity index (χ4n) is 5.14. The smallest absolute Gasteiger partial charge is 0.262 e. The Kier molecular flexibility index (Phi) is 7.04. The molecule has 6 nitrogen and oxygen atoms in total. The van der Waals surface area contributed by atoms with E-state index in [4.69, 9.17) is 16.3 Å². The number of anilines is 1. The maximum atomic E-state index is 13.0. The highest BCUT2D eigenvalue weighted by molar-refractivity contribution is 9.10. The van der Waals surface area contributed by atoms with Crippen LogP contribution in [0.4, 0.5) is 5.69 Å². The molecule has 0 saturated carbocycles. The highest BCUT2D eigenvalue weighted by Gasteiger charge is 2.40. The topological polar surface area (TPSA) is 84.5 Å². The molecule has 186 valence electrons. The number of ketones is 2. The number of amides is 1. The maximum Gasteiger partial charge on any atom is 0.262 e. The van der Waals surface area contributed by atoms with Crippen molar-refractivity contribution in [1.29, 1.82) is 0 Å². The fraction of sp³-hybridized carbons (Fsp3) is 0.321. The molecule has 2 N–H and O–H groups in total. The van der Waals surface area contributed by atoms with Gasteiger partial charge in [-0.2, -0.15) is 0 Å². The van der Waals surface area contributed by atoms with Gasteiger partial charge in [0.1, 0.15) is 5.75 Å². The van der Waals surface area contributed by atoms with E-state index in [9.17, 15) is 14.4 Å². The van der Waals surface area contributed by atoms with Crippen LogP contribution in [0.25, 0.3) is 0 Å². The van der Waals surface area contributed by atoms with Crippen molar-refractivity contribution in [3.05, 3.63) is 79.6 Å². The predicted octanol–water partition coefficient (Wildman–Crippen LogP) is 6.13. The summed E-state index contributed by atoms with van der Waals surface area (Å²) >= 11 is 9.69. The van der Waals surface area contributed by atoms with E-state index >= 15 is 0 Å². The molecule has 0 radical (unpaired) electrons. The molecule has 8 heteroatoms. The Hall–Kier alpha value is -2.90. The Balaban J connectivity index is 1.37. The molecule has 0 fully saturated rings. The van der Waals surface area contributed by atoms with E-state index in [1.807, 2.05) is 25.1 Å². The number of rotatable bonds is 5. The van der Waals surface area contributed by atoms with Crippen LogP contribution in [-0.4, -0.2) is 24.1 Å². The van der Waals surface area contributed by atoms with Gasteiger partial charge in [0.25, 0.3) is 5.91 Å². The number of benzene rings is 2. The zero-order valence-corrected chi connectivity index (χ0v) is 22.2. The number of ether oxygens (including phenoxy) is 1. The predicted molar refractivity (Wildman–Crippen MR) is 142 cm³/mol. The molecule has 3 aliphatic rings. The van der Waals surface area contributed by atoms with Crippen LogP contribution in [0.3, 0.4) is 0 Å². The summed E-state index contributed by atoms with van der Waals surface area (Å²) in [5.41, 5.74) is 5.73. The van der Waals surface area contributed by atoms with Gasteiger partial charge in [0.2, 0.25) is 0 Å². The average Bonchev–Trinajstić information content (AvgIpc) is 2.85. The lowest BCUT2D eigenvalue weighted by molar-refractivity contribution is -0.118. The van der Waals surface area contributed by atoms with Gasteiger partial charge < -0.3 is 15.4 Å². The van der Waals surface area contributed by atoms with Gasteiger partial charge >= 0.3 is 0 Å². The van der Waals surface area contributed by atoms with Crippen molar-refractivity contribution in [1.82, 2.24) is 5.32 Å². The highest BCUT2D eigenvalue weighted by Crippen LogP contribution is 2.46. The number of nitrogens with one attached hydrogen (secondary N) is 2. The second-order valence-electron chi connectivity index (χ2n) is 9.39. The van der Waals surface area contributed by atoms with E-state index in [-0.39, 0.29) is 30.0 Å². The minimum absolute atomic E-state index is 0.100. The number of hydrogen-bond donors (Lipinski definition) is 2. The molecular formula is C28H26BrClN2O4. The van der Waals surface area contributed by atoms with Crippen LogP contribution in [-0.2, 0) is 14.4 Å². The molecule has 36 heavy (non-hydrogen) atoms. The Morgan fingerprint density at radius 3 is 2.31 bits per heavy atom. The quantitative estimate of drug-likeness (QED) is 0.453. The average molecular weight is 570 g/mol. The zero-order chi connectivity index (χ0) is 25.4. The van der Waals surface area contributed by atoms with Gasteiger partial charge in [0, 0.05) is 52.0 Å². The Bertz CT molecular complexity index is 1310. The molecule has 0 atom stereocenters. The molecule has 2 aliphatic carbocycles. The minimum Gasteiger partial charge on any atom is -0.483 e. The molecule has 1 amide bonds. The Morgan fingerprint density at radius 2 is 1.69 bits per heavy atom. The van der Waals surface area contributed by atoms with E-state index in [0.717, 1.165) is 48.2 Å². The van der Waals surface area contributed by atoms with Crippen LogP contribution in [0.2, 0.25) is 5.02 Å². The molecule has 5 rings (SSSR count). The lowest BCUT2D eigenvalue weighted by Gasteiger charge is -2.37. The standard InChI is InChI=1S/C28H26BrClN2O4/c1-15-8-10-17(13-19(15)30)31-25(35)14-36-24-11-9-16(12-18(24)29)26-27-20(4-2-6-22(27)33)32-21-5-3-7-23(34)28(21)26/h8-13,26,32H,2-7,14H2,1H3,(H,31,35). The van der Waals surface area contributed by atoms with E-state index in [2.05, 4.69) is 26.6 Å². The van der Waals surface area contributed by atoms with Crippen LogP contribution >= 0.6 is 27.5 Å². The van der Waals surface area contributed by atoms with Gasteiger partial charge in [0.15, 0.2) is 18.2 Å². The van der Waals surface area contributed by atoms with Crippen LogP contribution in [0.15, 0.2) is 63.4 Å². The summed E-state index contributed by atoms with van der Waals surface area (Å²) in [4.78, 5) is 38.4. The first-order valence-corrected chi connectivity index (χ1v) is 13.3. The second kappa shape index (κ2) is 10.2. The van der Waals surface area contributed by atoms with Crippen molar-refractivity contribution >= 4 is 50.7 Å². The molecule has 0 unspecified atom stereocenters. The number of carbonyl (C=O) groups is 3. The van der Waals surface area contributed by atoms with Gasteiger partial charge in [-0.1, -0.05) is 23.7 Å². The largest absolute Gasteiger partial charge is 0.483 e. The van der Waals surface area contributed by atoms with Crippen molar-refractivity contribution in [2.24, 2.45) is 0 Å². The van der Waals surface area contributed by atoms with Gasteiger partial charge in [-0.25, -0.2) is 0 Å². The van der Waals surface area contributed by atoms with Gasteiger partial charge in [-0.15, -0.1) is 0 Å². The van der Waals surface area contributed by atoms with Crippen LogP contribution in [0.5, 0.6) is 5.75 Å². The van der Waals surface area contributed by atoms with Crippen molar-refractivity contribution in [2.75, 3.05) is 11.9 Å². The highest BCUT2D eigenvalue weighted by atomic mass is 79.9. The second-order valence-corrected chi connectivity index (χ2v) is 10.6. The number of halogens is 2. The third-order valence-electron chi connectivity index (χ3n) is 6.90. The Labute approximate surface area is 223 Å². The Morgan fingerprint density at radius 1 is 1.03 bits per heavy atom. The summed E-state index contributed by atoms with van der Waals surface area (Å²) in [6, 6.07) is 10.9.